The fourth-order valence-electron chi connectivity index (χ4n) is 3.45. The van der Waals surface area contributed by atoms with Crippen molar-refractivity contribution in [1.82, 2.24) is 14.5 Å². The minimum Gasteiger partial charge on any atom is -0.330 e. The number of fused-ring (bicyclic) bond motifs is 1. The molecular weight excluding hydrogens is 224 g/mol. The summed E-state index contributed by atoms with van der Waals surface area (Å²) < 4.78 is 2.38. The zero-order valence-electron chi connectivity index (χ0n) is 11.3. The summed E-state index contributed by atoms with van der Waals surface area (Å²) in [5.41, 5.74) is 7.46. The van der Waals surface area contributed by atoms with Crippen LogP contribution in [0.2, 0.25) is 0 Å². The molecule has 100 valence electrons. The first-order valence-electron chi connectivity index (χ1n) is 7.31. The van der Waals surface area contributed by atoms with E-state index in [2.05, 4.69) is 27.6 Å². The van der Waals surface area contributed by atoms with Crippen molar-refractivity contribution in [3.05, 3.63) is 17.7 Å². The molecule has 0 aromatic carbocycles. The van der Waals surface area contributed by atoms with E-state index < -0.39 is 0 Å². The second kappa shape index (κ2) is 5.02. The molecule has 1 saturated heterocycles. The van der Waals surface area contributed by atoms with Crippen LogP contribution < -0.4 is 5.73 Å². The molecule has 0 aliphatic carbocycles. The number of likely N-dealkylation sites (N-methyl/N-ethyl adjacent to an activating group) is 1. The van der Waals surface area contributed by atoms with Crippen molar-refractivity contribution >= 4 is 0 Å². The van der Waals surface area contributed by atoms with Gasteiger partial charge in [0.05, 0.1) is 0 Å². The number of hydrogen-bond donors (Lipinski definition) is 1. The molecule has 0 bridgehead atoms. The molecule has 1 aromatic heterocycles. The van der Waals surface area contributed by atoms with Crippen molar-refractivity contribution in [3.8, 4) is 0 Å². The largest absolute Gasteiger partial charge is 0.330 e. The zero-order valence-corrected chi connectivity index (χ0v) is 11.3. The van der Waals surface area contributed by atoms with Crippen LogP contribution in [-0.2, 0) is 19.4 Å². The van der Waals surface area contributed by atoms with Gasteiger partial charge < -0.3 is 15.2 Å². The predicted octanol–water partition coefficient (Wildman–Crippen LogP) is 1.18. The van der Waals surface area contributed by atoms with Crippen LogP contribution in [0.15, 0.2) is 6.20 Å². The molecule has 1 fully saturated rings. The maximum atomic E-state index is 6.08. The van der Waals surface area contributed by atoms with Gasteiger partial charge in [-0.2, -0.15) is 0 Å². The summed E-state index contributed by atoms with van der Waals surface area (Å²) >= 11 is 0. The summed E-state index contributed by atoms with van der Waals surface area (Å²) in [6.45, 7) is 5.64. The Labute approximate surface area is 109 Å². The molecule has 0 saturated carbocycles. The first kappa shape index (κ1) is 12.2. The molecule has 0 amide bonds. The monoisotopic (exact) mass is 248 g/mol. The van der Waals surface area contributed by atoms with Gasteiger partial charge in [0.2, 0.25) is 0 Å². The average Bonchev–Trinajstić information content (AvgIpc) is 2.97. The maximum absolute atomic E-state index is 6.08. The van der Waals surface area contributed by atoms with Crippen molar-refractivity contribution in [1.29, 1.82) is 0 Å². The van der Waals surface area contributed by atoms with E-state index in [9.17, 15) is 0 Å². The van der Waals surface area contributed by atoms with E-state index in [0.29, 0.717) is 12.1 Å². The molecule has 0 radical (unpaired) electrons. The second-order valence-corrected chi connectivity index (χ2v) is 5.70. The number of rotatable bonds is 3. The number of hydrogen-bond acceptors (Lipinski definition) is 3. The molecule has 2 N–H and O–H groups in total. The number of aromatic nitrogens is 2. The van der Waals surface area contributed by atoms with Gasteiger partial charge in [0.25, 0.3) is 0 Å². The lowest BCUT2D eigenvalue weighted by Crippen LogP contribution is -2.35. The molecule has 3 rings (SSSR count). The highest BCUT2D eigenvalue weighted by Crippen LogP contribution is 2.23. The predicted molar refractivity (Wildman–Crippen MR) is 72.5 cm³/mol. The summed E-state index contributed by atoms with van der Waals surface area (Å²) in [7, 11) is 0. The topological polar surface area (TPSA) is 47.1 Å². The lowest BCUT2D eigenvalue weighted by atomic mass is 10.1. The Kier molecular flexibility index (Phi) is 3.39. The molecule has 2 aliphatic heterocycles. The van der Waals surface area contributed by atoms with E-state index in [4.69, 9.17) is 5.73 Å². The van der Waals surface area contributed by atoms with Crippen molar-refractivity contribution in [3.63, 3.8) is 0 Å². The van der Waals surface area contributed by atoms with Gasteiger partial charge in [-0.05, 0) is 38.8 Å². The van der Waals surface area contributed by atoms with Crippen LogP contribution in [0.3, 0.4) is 0 Å². The quantitative estimate of drug-likeness (QED) is 0.874. The first-order chi connectivity index (χ1) is 8.78. The van der Waals surface area contributed by atoms with E-state index in [1.54, 1.807) is 0 Å². The summed E-state index contributed by atoms with van der Waals surface area (Å²) in [4.78, 5) is 7.23. The van der Waals surface area contributed by atoms with Crippen LogP contribution in [0.1, 0.15) is 37.7 Å². The van der Waals surface area contributed by atoms with Crippen LogP contribution in [0.25, 0.3) is 0 Å². The minimum absolute atomic E-state index is 0.316. The van der Waals surface area contributed by atoms with Crippen molar-refractivity contribution in [2.24, 2.45) is 5.73 Å². The Morgan fingerprint density at radius 1 is 1.44 bits per heavy atom. The third-order valence-corrected chi connectivity index (χ3v) is 4.53. The molecule has 2 aliphatic rings. The van der Waals surface area contributed by atoms with Gasteiger partial charge in [-0.3, -0.25) is 0 Å². The van der Waals surface area contributed by atoms with Crippen LogP contribution in [0.4, 0.5) is 0 Å². The second-order valence-electron chi connectivity index (χ2n) is 5.70. The van der Waals surface area contributed by atoms with E-state index in [-0.39, 0.29) is 0 Å². The van der Waals surface area contributed by atoms with Crippen LogP contribution in [0.5, 0.6) is 0 Å². The van der Waals surface area contributed by atoms with Crippen LogP contribution in [-0.4, -0.2) is 39.6 Å². The number of nitrogens with zero attached hydrogens (tertiary/aromatic N) is 3. The first-order valence-corrected chi connectivity index (χ1v) is 7.31. The fourth-order valence-corrected chi connectivity index (χ4v) is 3.45. The van der Waals surface area contributed by atoms with Crippen molar-refractivity contribution in [2.75, 3.05) is 13.1 Å². The van der Waals surface area contributed by atoms with Gasteiger partial charge in [-0.25, -0.2) is 4.98 Å². The lowest BCUT2D eigenvalue weighted by molar-refractivity contribution is 0.260. The van der Waals surface area contributed by atoms with Crippen molar-refractivity contribution in [2.45, 2.75) is 57.7 Å². The molecule has 18 heavy (non-hydrogen) atoms. The summed E-state index contributed by atoms with van der Waals surface area (Å²) in [6.07, 6.45) is 8.02. The smallest absolute Gasteiger partial charge is 0.110 e. The molecule has 2 unspecified atom stereocenters. The van der Waals surface area contributed by atoms with E-state index >= 15 is 0 Å². The normalized spacial score (nSPS) is 28.6. The molecule has 1 aromatic rings. The highest BCUT2D eigenvalue weighted by Gasteiger charge is 2.26. The molecular formula is C14H24N4. The minimum atomic E-state index is 0.316. The third-order valence-electron chi connectivity index (χ3n) is 4.53. The highest BCUT2D eigenvalue weighted by atomic mass is 15.2. The molecule has 4 nitrogen and oxygen atoms in total. The molecule has 4 heteroatoms. The molecule has 2 atom stereocenters. The summed E-state index contributed by atoms with van der Waals surface area (Å²) in [6, 6.07) is 1.01. The number of nitrogens with two attached hydrogens (primary N) is 1. The Hall–Kier alpha value is -0.870. The maximum Gasteiger partial charge on any atom is 0.110 e. The Morgan fingerprint density at radius 2 is 2.33 bits per heavy atom. The summed E-state index contributed by atoms with van der Waals surface area (Å²) in [5, 5.41) is 0. The van der Waals surface area contributed by atoms with Gasteiger partial charge in [-0.15, -0.1) is 0 Å². The molecule has 3 heterocycles. The SMILES string of the molecule is CCN1CCCC1Cc1ncc2n1CC(N)CC2. The average molecular weight is 248 g/mol. The van der Waals surface area contributed by atoms with E-state index in [0.717, 1.165) is 32.4 Å². The third kappa shape index (κ3) is 2.19. The zero-order chi connectivity index (χ0) is 12.5. The van der Waals surface area contributed by atoms with Gasteiger partial charge >= 0.3 is 0 Å². The van der Waals surface area contributed by atoms with Gasteiger partial charge in [0, 0.05) is 36.9 Å². The van der Waals surface area contributed by atoms with Gasteiger partial charge in [-0.1, -0.05) is 6.92 Å². The Bertz CT molecular complexity index is 412. The fraction of sp³-hybridized carbons (Fsp3) is 0.786. The van der Waals surface area contributed by atoms with E-state index in [1.165, 1.54) is 30.9 Å². The summed E-state index contributed by atoms with van der Waals surface area (Å²) in [5.74, 6) is 1.26. The van der Waals surface area contributed by atoms with Crippen LogP contribution in [0, 0.1) is 0 Å². The highest BCUT2D eigenvalue weighted by molar-refractivity contribution is 5.10. The van der Waals surface area contributed by atoms with Crippen LogP contribution >= 0.6 is 0 Å². The van der Waals surface area contributed by atoms with Gasteiger partial charge in [0.1, 0.15) is 5.82 Å². The van der Waals surface area contributed by atoms with E-state index in [1.807, 2.05) is 0 Å². The molecule has 0 spiro atoms. The number of likely N-dealkylation sites (tertiary alicyclic amines) is 1. The van der Waals surface area contributed by atoms with Crippen molar-refractivity contribution < 1.29 is 0 Å². The Balaban J connectivity index is 1.75. The lowest BCUT2D eigenvalue weighted by Gasteiger charge is -2.25. The number of imidazole rings is 1. The Morgan fingerprint density at radius 3 is 3.17 bits per heavy atom. The van der Waals surface area contributed by atoms with Gasteiger partial charge in [0.15, 0.2) is 0 Å². The standard InChI is InChI=1S/C14H24N4/c1-2-17-7-3-4-12(17)8-14-16-9-13-6-5-11(15)10-18(13)14/h9,11-12H,2-8,10,15H2,1H3. The number of aryl methyl sites for hydroxylation is 1.